The summed E-state index contributed by atoms with van der Waals surface area (Å²) in [6.07, 6.45) is 3.58. The van der Waals surface area contributed by atoms with E-state index in [0.29, 0.717) is 75.6 Å². The topological polar surface area (TPSA) is 706 Å². The van der Waals surface area contributed by atoms with Gasteiger partial charge in [-0.25, -0.2) is 9.98 Å². The first-order valence-electron chi connectivity index (χ1n) is 46.4. The molecule has 3 aromatic carbocycles. The average Bonchev–Trinajstić information content (AvgIpc) is 1.71. The maximum atomic E-state index is 15.8. The van der Waals surface area contributed by atoms with Gasteiger partial charge in [-0.3, -0.25) is 86.9 Å². The molecule has 6 heterocycles. The lowest BCUT2D eigenvalue weighted by atomic mass is 10.00. The fourth-order valence-corrected chi connectivity index (χ4v) is 17.9. The second-order valence-electron chi connectivity index (χ2n) is 35.5. The Bertz CT molecular complexity index is 5400. The highest BCUT2D eigenvalue weighted by Gasteiger charge is 2.47. The van der Waals surface area contributed by atoms with Crippen LogP contribution in [0.2, 0.25) is 0 Å². The third-order valence-electron chi connectivity index (χ3n) is 24.6. The number of hydrogen-bond donors (Lipinski definition) is 22. The first-order valence-corrected chi connectivity index (χ1v) is 47.5. The van der Waals surface area contributed by atoms with Crippen molar-refractivity contribution < 1.29 is 91.7 Å². The summed E-state index contributed by atoms with van der Waals surface area (Å²) in [4.78, 5) is 274. The second kappa shape index (κ2) is 51.8. The number of imidazole rings is 1. The third-order valence-corrected chi connectivity index (χ3v) is 25.6. The number of guanidine groups is 2. The largest absolute Gasteiger partial charge is 0.394 e. The zero-order valence-electron chi connectivity index (χ0n) is 79.2. The number of benzene rings is 3. The molecule has 0 bridgehead atoms. The Morgan fingerprint density at radius 1 is 0.554 bits per heavy atom. The highest BCUT2D eigenvalue weighted by molar-refractivity contribution is 8.00. The predicted octanol–water partition coefficient (Wildman–Crippen LogP) is -3.73. The van der Waals surface area contributed by atoms with Crippen molar-refractivity contribution in [2.75, 3.05) is 65.4 Å². The summed E-state index contributed by atoms with van der Waals surface area (Å²) in [6, 6.07) is -1.80. The molecule has 3 aliphatic rings. The number of nitrogens with one attached hydrogen (secondary N) is 15. The maximum Gasteiger partial charge on any atom is 0.246 e. The standard InChI is InChI=1S/C92H131N27O19S/c1-9-11-24-70-83(131)107-61(23-17-31-100-91(95)96)79(127)114-69(78(126)103-43-75(94)123)46-139-47-76(124)106-65(34-51-27-29-54(30-28-51)105-92(97)98)86(134)115(6)50(5)77(125)110-67(39-74(93)122)88(136)118-32-18-26-71(118)84(132)109-63(37-55-42-99-48-104-55)81(129)111-64(33-49(3)4)89(137)119-44-56(121)38-73(119)85(133)108-62(35-52-40-101-59-21-15-13-19-57(52)59)80(128)113-68(45-120)82(130)112-66(36-53-41-102-60-22-16-14-20-58(53)60)87(135)117(8)72(25-12-10-2)90(138)116(70)7/h13-16,19-22,27-30,40-42,48-50,56,61-73,101-102,120-121H,9-12,17-18,23-26,31-39,43-47H2,1-8H3,(H2,93,122)(H2,94,123)(H,99,104)(H,103,126)(H,106,124)(H,107,131)(H,108,133)(H,109,132)(H,110,125)(H,111,129)(H,112,130)(H,113,128)(H,114,127)(H4,95,96,100)(H4,97,98,105)/t50-,56+,61-,62-,63-,64-,65-,66-,67-,68-,69-,70-,71-,72-,73?/m0/s1. The SMILES string of the molecule is CCCC[C@H]1C(=O)N(C)[C@@H](CCCC)C(=O)N[C@@H](CCCNC(=N)N)C(=O)N[C@H](C(=O)NCC(N)=O)CSCC(=O)N[C@@H](Cc2ccc(N=C(N)N)cc2)C(=O)N(C)[C@@H](C)C(=O)N[C@@H](CC(N)=O)C(=O)N2CCC[C@H]2C(=O)N[C@@H](Cc2cnc[nH]2)C(=O)N[C@@H](CC(C)C)C(=O)N2C[C@H](O)CC2C(=O)N[C@@H](Cc2c[nH]c3ccccc23)C(=O)N[C@@H](CO)C(=O)N[C@@H](Cc2c[nH]c3ccccc23)C(=O)N1C. The number of carbonyl (C=O) groups is 17. The summed E-state index contributed by atoms with van der Waals surface area (Å²) in [5.41, 5.74) is 31.4. The van der Waals surface area contributed by atoms with Crippen molar-refractivity contribution in [3.63, 3.8) is 0 Å². The van der Waals surface area contributed by atoms with Crippen molar-refractivity contribution in [3.05, 3.63) is 120 Å². The number of aromatic amines is 3. The minimum atomic E-state index is -1.90. The van der Waals surface area contributed by atoms with Crippen LogP contribution >= 0.6 is 11.8 Å². The van der Waals surface area contributed by atoms with Gasteiger partial charge in [-0.2, -0.15) is 0 Å². The van der Waals surface area contributed by atoms with Crippen molar-refractivity contribution in [2.24, 2.45) is 39.6 Å². The van der Waals surface area contributed by atoms with E-state index in [-0.39, 0.29) is 95.6 Å². The van der Waals surface area contributed by atoms with Crippen LogP contribution in [0, 0.1) is 11.3 Å². The van der Waals surface area contributed by atoms with E-state index in [4.69, 9.17) is 34.1 Å². The Balaban J connectivity index is 1.11. The van der Waals surface area contributed by atoms with Gasteiger partial charge >= 0.3 is 0 Å². The molecular formula is C92H131N27O19S. The second-order valence-corrected chi connectivity index (χ2v) is 36.5. The smallest absolute Gasteiger partial charge is 0.246 e. The van der Waals surface area contributed by atoms with Crippen LogP contribution in [-0.2, 0) is 107 Å². The number of rotatable bonds is 27. The van der Waals surface area contributed by atoms with Gasteiger partial charge in [-0.05, 0) is 98.7 Å². The van der Waals surface area contributed by atoms with E-state index in [9.17, 15) is 43.8 Å². The van der Waals surface area contributed by atoms with Crippen molar-refractivity contribution >= 4 is 152 Å². The van der Waals surface area contributed by atoms with E-state index in [1.807, 2.05) is 13.8 Å². The molecule has 0 aliphatic carbocycles. The number of likely N-dealkylation sites (N-methyl/N-ethyl adjacent to an activating group) is 3. The Hall–Kier alpha value is -14.3. The van der Waals surface area contributed by atoms with E-state index >= 15 is 47.9 Å². The molecule has 3 fully saturated rings. The zero-order chi connectivity index (χ0) is 102. The molecule has 46 nitrogen and oxygen atoms in total. The lowest BCUT2D eigenvalue weighted by Crippen LogP contribution is -2.62. The number of aliphatic hydroxyl groups is 2. The average molecular weight is 1950 g/mol. The first-order chi connectivity index (χ1) is 66.2. The van der Waals surface area contributed by atoms with Crippen LogP contribution in [0.3, 0.4) is 0 Å². The van der Waals surface area contributed by atoms with E-state index in [0.717, 1.165) is 36.3 Å². The van der Waals surface area contributed by atoms with Gasteiger partial charge in [0.15, 0.2) is 11.9 Å². The minimum Gasteiger partial charge on any atom is -0.394 e. The van der Waals surface area contributed by atoms with Gasteiger partial charge in [0, 0.05) is 125 Å². The number of primary amides is 2. The summed E-state index contributed by atoms with van der Waals surface area (Å²) in [5.74, 6) is -18.3. The van der Waals surface area contributed by atoms with Gasteiger partial charge < -0.3 is 137 Å². The minimum absolute atomic E-state index is 0.0158. The molecular weight excluding hydrogens is 1820 g/mol. The molecule has 754 valence electrons. The molecule has 47 heteroatoms. The van der Waals surface area contributed by atoms with Crippen LogP contribution in [0.5, 0.6) is 0 Å². The molecule has 6 aromatic rings. The molecule has 3 aliphatic heterocycles. The van der Waals surface area contributed by atoms with Gasteiger partial charge in [0.2, 0.25) is 100 Å². The number of hydrogen-bond acceptors (Lipinski definition) is 23. The molecule has 9 rings (SSSR count). The fraction of sp³-hybridized carbons (Fsp3) is 0.522. The van der Waals surface area contributed by atoms with Gasteiger partial charge in [-0.15, -0.1) is 11.8 Å². The summed E-state index contributed by atoms with van der Waals surface area (Å²) >= 11 is 0.760. The fourth-order valence-electron chi connectivity index (χ4n) is 17.0. The van der Waals surface area contributed by atoms with Gasteiger partial charge in [-0.1, -0.05) is 102 Å². The lowest BCUT2D eigenvalue weighted by molar-refractivity contribution is -0.149. The van der Waals surface area contributed by atoms with E-state index in [1.54, 1.807) is 86.9 Å². The van der Waals surface area contributed by atoms with Crippen LogP contribution in [0.25, 0.3) is 21.8 Å². The zero-order valence-corrected chi connectivity index (χ0v) is 80.0. The number of aliphatic hydroxyl groups excluding tert-OH is 2. The van der Waals surface area contributed by atoms with Crippen LogP contribution in [0.15, 0.2) is 103 Å². The summed E-state index contributed by atoms with van der Waals surface area (Å²) in [5, 5.41) is 61.0. The Morgan fingerprint density at radius 3 is 1.68 bits per heavy atom. The number of amides is 17. The Labute approximate surface area is 807 Å². The molecule has 0 radical (unpaired) electrons. The predicted molar refractivity (Wildman–Crippen MR) is 514 cm³/mol. The van der Waals surface area contributed by atoms with Gasteiger partial charge in [0.1, 0.15) is 84.6 Å². The molecule has 139 heavy (non-hydrogen) atoms. The first kappa shape index (κ1) is 108. The monoisotopic (exact) mass is 1950 g/mol. The van der Waals surface area contributed by atoms with Gasteiger partial charge in [0.05, 0.1) is 43.4 Å². The highest BCUT2D eigenvalue weighted by atomic mass is 32.2. The van der Waals surface area contributed by atoms with E-state index in [2.05, 4.69) is 83.4 Å². The summed E-state index contributed by atoms with van der Waals surface area (Å²) in [6.45, 7) is 5.99. The van der Waals surface area contributed by atoms with Gasteiger partial charge in [0.25, 0.3) is 0 Å². The molecule has 27 N–H and O–H groups in total. The Kier molecular flexibility index (Phi) is 40.4. The maximum absolute atomic E-state index is 15.8. The number of carbonyl (C=O) groups excluding carboxylic acids is 17. The molecule has 0 saturated carbocycles. The number of fused-ring (bicyclic) bond motifs is 4. The van der Waals surface area contributed by atoms with E-state index < -0.39 is 241 Å². The number of aromatic nitrogens is 4. The van der Waals surface area contributed by atoms with Crippen LogP contribution in [0.1, 0.15) is 140 Å². The lowest BCUT2D eigenvalue weighted by Gasteiger charge is -2.36. The number of para-hydroxylation sites is 2. The van der Waals surface area contributed by atoms with Crippen LogP contribution < -0.4 is 87.2 Å². The summed E-state index contributed by atoms with van der Waals surface area (Å²) < 4.78 is 0. The number of aliphatic imine (C=N–C) groups is 1. The number of thioether (sulfide) groups is 1. The quantitative estimate of drug-likeness (QED) is 0.0134. The van der Waals surface area contributed by atoms with Crippen LogP contribution in [-0.4, -0.2) is 323 Å². The van der Waals surface area contributed by atoms with Crippen molar-refractivity contribution in [3.8, 4) is 0 Å². The molecule has 3 saturated heterocycles. The number of unbranched alkanes of at least 4 members (excludes halogenated alkanes) is 2. The van der Waals surface area contributed by atoms with Crippen LogP contribution in [0.4, 0.5) is 5.69 Å². The number of nitrogens with two attached hydrogens (primary N) is 5. The molecule has 0 spiro atoms. The third kappa shape index (κ3) is 30.6. The highest BCUT2D eigenvalue weighted by Crippen LogP contribution is 2.28. The van der Waals surface area contributed by atoms with Crippen molar-refractivity contribution in [1.82, 2.24) is 103 Å². The Morgan fingerprint density at radius 2 is 1.09 bits per heavy atom. The molecule has 15 atom stereocenters. The summed E-state index contributed by atoms with van der Waals surface area (Å²) in [7, 11) is 3.90. The number of nitrogens with zero attached hydrogens (tertiary/aromatic N) is 7. The molecule has 17 amide bonds. The molecule has 1 unspecified atom stereocenters. The normalized spacial score (nSPS) is 24.3. The van der Waals surface area contributed by atoms with Crippen molar-refractivity contribution in [1.29, 1.82) is 5.41 Å². The van der Waals surface area contributed by atoms with E-state index in [1.165, 1.54) is 52.7 Å². The van der Waals surface area contributed by atoms with Crippen molar-refractivity contribution in [2.45, 2.75) is 234 Å². The molecule has 3 aromatic heterocycles. The number of H-pyrrole nitrogens is 3.